The lowest BCUT2D eigenvalue weighted by Gasteiger charge is -2.28. The third kappa shape index (κ3) is 4.49. The molecule has 24 heavy (non-hydrogen) atoms. The van der Waals surface area contributed by atoms with Crippen LogP contribution in [0.15, 0.2) is 48.5 Å². The highest BCUT2D eigenvalue weighted by molar-refractivity contribution is 6.31. The number of nitrogens with zero attached hydrogens (tertiary/aromatic N) is 1. The van der Waals surface area contributed by atoms with Crippen molar-refractivity contribution in [2.24, 2.45) is 0 Å². The minimum absolute atomic E-state index is 0.0274. The van der Waals surface area contributed by atoms with E-state index in [4.69, 9.17) is 16.3 Å². The van der Waals surface area contributed by atoms with Gasteiger partial charge < -0.3 is 15.0 Å². The van der Waals surface area contributed by atoms with E-state index >= 15 is 0 Å². The molecule has 2 aromatic carbocycles. The molecular formula is C19H21ClN2O2. The molecule has 0 unspecified atom stereocenters. The van der Waals surface area contributed by atoms with Gasteiger partial charge in [-0.15, -0.1) is 0 Å². The van der Waals surface area contributed by atoms with Gasteiger partial charge in [0.2, 0.25) is 5.91 Å². The van der Waals surface area contributed by atoms with E-state index in [1.54, 1.807) is 6.07 Å². The van der Waals surface area contributed by atoms with Crippen LogP contribution in [0.5, 0.6) is 0 Å². The van der Waals surface area contributed by atoms with Crippen molar-refractivity contribution in [1.29, 1.82) is 0 Å². The Hall–Kier alpha value is -2.04. The third-order valence-corrected chi connectivity index (χ3v) is 4.48. The smallest absolute Gasteiger partial charge is 0.224 e. The molecule has 3 rings (SSSR count). The summed E-state index contributed by atoms with van der Waals surface area (Å²) in [7, 11) is 0. The van der Waals surface area contributed by atoms with Gasteiger partial charge in [-0.05, 0) is 29.3 Å². The monoisotopic (exact) mass is 344 g/mol. The summed E-state index contributed by atoms with van der Waals surface area (Å²) in [6.07, 6.45) is 0.297. The normalized spacial score (nSPS) is 14.5. The van der Waals surface area contributed by atoms with Crippen LogP contribution < -0.4 is 10.2 Å². The molecule has 0 radical (unpaired) electrons. The molecule has 4 nitrogen and oxygen atoms in total. The van der Waals surface area contributed by atoms with Gasteiger partial charge in [-0.25, -0.2) is 0 Å². The maximum atomic E-state index is 12.1. The van der Waals surface area contributed by atoms with E-state index in [1.165, 1.54) is 5.69 Å². The van der Waals surface area contributed by atoms with Crippen LogP contribution in [0.25, 0.3) is 0 Å². The number of rotatable bonds is 5. The fourth-order valence-corrected chi connectivity index (χ4v) is 2.93. The van der Waals surface area contributed by atoms with Gasteiger partial charge in [0.15, 0.2) is 0 Å². The molecule has 0 saturated carbocycles. The van der Waals surface area contributed by atoms with E-state index in [1.807, 2.05) is 18.2 Å². The van der Waals surface area contributed by atoms with Crippen LogP contribution in [-0.2, 0) is 22.5 Å². The lowest BCUT2D eigenvalue weighted by Crippen LogP contribution is -2.36. The predicted octanol–water partition coefficient (Wildman–Crippen LogP) is 3.04. The average Bonchev–Trinajstić information content (AvgIpc) is 2.63. The first-order valence-electron chi connectivity index (χ1n) is 8.14. The van der Waals surface area contributed by atoms with E-state index in [2.05, 4.69) is 34.5 Å². The molecule has 0 aromatic heterocycles. The van der Waals surface area contributed by atoms with Crippen LogP contribution >= 0.6 is 11.6 Å². The van der Waals surface area contributed by atoms with Crippen LogP contribution in [0, 0.1) is 0 Å². The zero-order valence-corrected chi connectivity index (χ0v) is 14.3. The molecule has 126 valence electrons. The second kappa shape index (κ2) is 8.18. The number of amides is 1. The van der Waals surface area contributed by atoms with Crippen molar-refractivity contribution < 1.29 is 9.53 Å². The van der Waals surface area contributed by atoms with Gasteiger partial charge in [0.1, 0.15) is 0 Å². The van der Waals surface area contributed by atoms with Crippen molar-refractivity contribution in [1.82, 2.24) is 5.32 Å². The van der Waals surface area contributed by atoms with Crippen LogP contribution in [0.1, 0.15) is 11.1 Å². The second-order valence-corrected chi connectivity index (χ2v) is 6.22. The number of benzene rings is 2. The molecule has 1 heterocycles. The Balaban J connectivity index is 1.51. The Morgan fingerprint density at radius 1 is 1.08 bits per heavy atom. The number of anilines is 1. The highest BCUT2D eigenvalue weighted by atomic mass is 35.5. The first-order valence-corrected chi connectivity index (χ1v) is 8.52. The average molecular weight is 345 g/mol. The van der Waals surface area contributed by atoms with Gasteiger partial charge in [0, 0.05) is 30.3 Å². The number of carbonyl (C=O) groups excluding carboxylic acids is 1. The Labute approximate surface area is 147 Å². The Morgan fingerprint density at radius 3 is 2.50 bits per heavy atom. The first-order chi connectivity index (χ1) is 11.7. The number of halogens is 1. The Bertz CT molecular complexity index is 682. The van der Waals surface area contributed by atoms with Gasteiger partial charge >= 0.3 is 0 Å². The zero-order chi connectivity index (χ0) is 16.8. The summed E-state index contributed by atoms with van der Waals surface area (Å²) in [5, 5.41) is 3.57. The molecule has 0 atom stereocenters. The number of nitrogens with one attached hydrogen (secondary N) is 1. The highest BCUT2D eigenvalue weighted by Crippen LogP contribution is 2.17. The van der Waals surface area contributed by atoms with Crippen molar-refractivity contribution in [3.05, 3.63) is 64.7 Å². The van der Waals surface area contributed by atoms with Gasteiger partial charge in [0.25, 0.3) is 0 Å². The SMILES string of the molecule is O=C(Cc1ccccc1Cl)NCc1ccc(N2CCOCC2)cc1. The summed E-state index contributed by atoms with van der Waals surface area (Å²) in [6.45, 7) is 3.92. The molecule has 1 saturated heterocycles. The van der Waals surface area contributed by atoms with Gasteiger partial charge in [-0.1, -0.05) is 41.9 Å². The van der Waals surface area contributed by atoms with E-state index < -0.39 is 0 Å². The van der Waals surface area contributed by atoms with Crippen molar-refractivity contribution in [3.8, 4) is 0 Å². The molecule has 1 aliphatic heterocycles. The van der Waals surface area contributed by atoms with Crippen LogP contribution in [0.3, 0.4) is 0 Å². The predicted molar refractivity (Wildman–Crippen MR) is 96.5 cm³/mol. The summed E-state index contributed by atoms with van der Waals surface area (Å²) in [5.74, 6) is -0.0274. The van der Waals surface area contributed by atoms with Crippen molar-refractivity contribution in [3.63, 3.8) is 0 Å². The van der Waals surface area contributed by atoms with E-state index in [0.717, 1.165) is 37.4 Å². The lowest BCUT2D eigenvalue weighted by molar-refractivity contribution is -0.120. The number of hydrogen-bond acceptors (Lipinski definition) is 3. The van der Waals surface area contributed by atoms with Crippen molar-refractivity contribution in [2.75, 3.05) is 31.2 Å². The number of ether oxygens (including phenoxy) is 1. The quantitative estimate of drug-likeness (QED) is 0.906. The summed E-state index contributed by atoms with van der Waals surface area (Å²) in [4.78, 5) is 14.4. The topological polar surface area (TPSA) is 41.6 Å². The zero-order valence-electron chi connectivity index (χ0n) is 13.5. The molecule has 1 N–H and O–H groups in total. The maximum absolute atomic E-state index is 12.1. The minimum atomic E-state index is -0.0274. The lowest BCUT2D eigenvalue weighted by atomic mass is 10.1. The Kier molecular flexibility index (Phi) is 5.72. The van der Waals surface area contributed by atoms with Gasteiger partial charge in [-0.2, -0.15) is 0 Å². The molecule has 5 heteroatoms. The van der Waals surface area contributed by atoms with Crippen molar-refractivity contribution >= 4 is 23.2 Å². The fraction of sp³-hybridized carbons (Fsp3) is 0.316. The number of morpholine rings is 1. The number of carbonyl (C=O) groups is 1. The largest absolute Gasteiger partial charge is 0.378 e. The number of hydrogen-bond donors (Lipinski definition) is 1. The maximum Gasteiger partial charge on any atom is 0.224 e. The van der Waals surface area contributed by atoms with Crippen LogP contribution in [-0.4, -0.2) is 32.2 Å². The molecule has 0 aliphatic carbocycles. The summed E-state index contributed by atoms with van der Waals surface area (Å²) in [5.41, 5.74) is 3.13. The molecule has 1 fully saturated rings. The standard InChI is InChI=1S/C19H21ClN2O2/c20-18-4-2-1-3-16(18)13-19(23)21-14-15-5-7-17(8-6-15)22-9-11-24-12-10-22/h1-8H,9-14H2,(H,21,23). The fourth-order valence-electron chi connectivity index (χ4n) is 2.72. The first kappa shape index (κ1) is 16.8. The van der Waals surface area contributed by atoms with Crippen molar-refractivity contribution in [2.45, 2.75) is 13.0 Å². The van der Waals surface area contributed by atoms with Gasteiger partial charge in [0.05, 0.1) is 19.6 Å². The summed E-state index contributed by atoms with van der Waals surface area (Å²) >= 11 is 6.08. The molecule has 0 bridgehead atoms. The molecular weight excluding hydrogens is 324 g/mol. The van der Waals surface area contributed by atoms with E-state index in [0.29, 0.717) is 18.0 Å². The summed E-state index contributed by atoms with van der Waals surface area (Å²) in [6, 6.07) is 15.7. The minimum Gasteiger partial charge on any atom is -0.378 e. The molecule has 1 amide bonds. The van der Waals surface area contributed by atoms with E-state index in [9.17, 15) is 4.79 Å². The van der Waals surface area contributed by atoms with E-state index in [-0.39, 0.29) is 5.91 Å². The summed E-state index contributed by atoms with van der Waals surface area (Å²) < 4.78 is 5.37. The van der Waals surface area contributed by atoms with Crippen LogP contribution in [0.4, 0.5) is 5.69 Å². The van der Waals surface area contributed by atoms with Gasteiger partial charge in [-0.3, -0.25) is 4.79 Å². The highest BCUT2D eigenvalue weighted by Gasteiger charge is 2.11. The van der Waals surface area contributed by atoms with Crippen LogP contribution in [0.2, 0.25) is 5.02 Å². The second-order valence-electron chi connectivity index (χ2n) is 5.81. The molecule has 0 spiro atoms. The third-order valence-electron chi connectivity index (χ3n) is 4.11. The Morgan fingerprint density at radius 2 is 1.79 bits per heavy atom. The molecule has 1 aliphatic rings. The molecule has 2 aromatic rings.